The number of aliphatic hydroxyl groups excluding tert-OH is 1. The Hall–Kier alpha value is -2.24. The average molecular weight is 429 g/mol. The van der Waals surface area contributed by atoms with Crippen molar-refractivity contribution < 1.29 is 13.9 Å². The number of hydrogen-bond acceptors (Lipinski definition) is 2. The molecule has 0 bridgehead atoms. The normalized spacial score (nSPS) is 18.9. The van der Waals surface area contributed by atoms with Gasteiger partial charge in [0, 0.05) is 11.4 Å². The number of nitrogens with one attached hydrogen (secondary N) is 2. The molecule has 1 saturated carbocycles. The lowest BCUT2D eigenvalue weighted by molar-refractivity contribution is 0.206. The minimum Gasteiger partial charge on any atom is -0.395 e. The van der Waals surface area contributed by atoms with E-state index in [9.17, 15) is 13.9 Å². The fraction of sp³-hybridized carbons (Fsp3) is 0.462. The van der Waals surface area contributed by atoms with Crippen molar-refractivity contribution >= 4 is 10.9 Å². The summed E-state index contributed by atoms with van der Waals surface area (Å²) in [4.78, 5) is 3.28. The third-order valence-electron chi connectivity index (χ3n) is 6.23. The van der Waals surface area contributed by atoms with E-state index in [1.54, 1.807) is 18.2 Å². The van der Waals surface area contributed by atoms with Crippen molar-refractivity contribution in [3.05, 3.63) is 59.2 Å². The molecule has 3 nitrogen and oxygen atoms in total. The third-order valence-corrected chi connectivity index (χ3v) is 6.23. The van der Waals surface area contributed by atoms with Crippen LogP contribution in [0.1, 0.15) is 57.1 Å². The molecule has 5 heteroatoms. The van der Waals surface area contributed by atoms with Gasteiger partial charge in [0.1, 0.15) is 11.6 Å². The van der Waals surface area contributed by atoms with Gasteiger partial charge in [-0.3, -0.25) is 0 Å². The van der Waals surface area contributed by atoms with E-state index in [1.165, 1.54) is 12.1 Å². The second kappa shape index (κ2) is 10.4. The smallest absolute Gasteiger partial charge is 0.147 e. The predicted molar refractivity (Wildman–Crippen MR) is 124 cm³/mol. The Bertz CT molecular complexity index is 987. The number of fused-ring (bicyclic) bond motifs is 1. The molecule has 1 aliphatic carbocycles. The highest BCUT2D eigenvalue weighted by Gasteiger charge is 2.34. The van der Waals surface area contributed by atoms with Gasteiger partial charge in [-0.25, -0.2) is 8.78 Å². The van der Waals surface area contributed by atoms with Gasteiger partial charge >= 0.3 is 0 Å². The van der Waals surface area contributed by atoms with Gasteiger partial charge in [0.25, 0.3) is 0 Å². The van der Waals surface area contributed by atoms with Crippen LogP contribution in [-0.2, 0) is 0 Å². The van der Waals surface area contributed by atoms with E-state index in [-0.39, 0.29) is 24.3 Å². The van der Waals surface area contributed by atoms with Crippen LogP contribution in [0.25, 0.3) is 22.2 Å². The first-order chi connectivity index (χ1) is 15.0. The van der Waals surface area contributed by atoms with Crippen molar-refractivity contribution in [1.29, 1.82) is 0 Å². The van der Waals surface area contributed by atoms with E-state index in [4.69, 9.17) is 0 Å². The van der Waals surface area contributed by atoms with E-state index >= 15 is 0 Å². The van der Waals surface area contributed by atoms with Crippen LogP contribution < -0.4 is 5.32 Å². The average Bonchev–Trinajstić information content (AvgIpc) is 3.11. The third kappa shape index (κ3) is 4.99. The minimum atomic E-state index is -0.280. The molecule has 0 amide bonds. The SMILES string of the molecule is CC.CCC(CO)NCC1CC(c2c(-c3ccc(F)cc3)[nH]c3c(F)cc(C)cc23)C1. The highest BCUT2D eigenvalue weighted by molar-refractivity contribution is 5.92. The molecule has 0 saturated heterocycles. The van der Waals surface area contributed by atoms with Gasteiger partial charge in [0.15, 0.2) is 0 Å². The van der Waals surface area contributed by atoms with Gasteiger partial charge in [-0.1, -0.05) is 20.8 Å². The largest absolute Gasteiger partial charge is 0.395 e. The number of hydrogen-bond donors (Lipinski definition) is 3. The number of H-pyrrole nitrogens is 1. The maximum Gasteiger partial charge on any atom is 0.147 e. The zero-order valence-electron chi connectivity index (χ0n) is 18.9. The van der Waals surface area contributed by atoms with E-state index in [0.717, 1.165) is 53.6 Å². The monoisotopic (exact) mass is 428 g/mol. The summed E-state index contributed by atoms with van der Waals surface area (Å²) >= 11 is 0. The first kappa shape index (κ1) is 23.4. The summed E-state index contributed by atoms with van der Waals surface area (Å²) in [6.45, 7) is 9.01. The minimum absolute atomic E-state index is 0.147. The van der Waals surface area contributed by atoms with Crippen molar-refractivity contribution in [2.45, 2.75) is 58.9 Å². The Balaban J connectivity index is 0.00000132. The fourth-order valence-electron chi connectivity index (χ4n) is 4.49. The summed E-state index contributed by atoms with van der Waals surface area (Å²) in [7, 11) is 0. The maximum absolute atomic E-state index is 14.6. The lowest BCUT2D eigenvalue weighted by Crippen LogP contribution is -2.39. The topological polar surface area (TPSA) is 48.0 Å². The maximum atomic E-state index is 14.6. The first-order valence-corrected chi connectivity index (χ1v) is 11.4. The van der Waals surface area contributed by atoms with Crippen LogP contribution in [-0.4, -0.2) is 29.3 Å². The Kier molecular flexibility index (Phi) is 7.84. The molecule has 1 aliphatic rings. The summed E-state index contributed by atoms with van der Waals surface area (Å²) in [5.41, 5.74) is 4.33. The van der Waals surface area contributed by atoms with Crippen molar-refractivity contribution in [3.8, 4) is 11.3 Å². The van der Waals surface area contributed by atoms with E-state index in [1.807, 2.05) is 26.8 Å². The fourth-order valence-corrected chi connectivity index (χ4v) is 4.49. The van der Waals surface area contributed by atoms with Gasteiger partial charge in [-0.05, 0) is 97.7 Å². The lowest BCUT2D eigenvalue weighted by Gasteiger charge is -2.37. The van der Waals surface area contributed by atoms with Gasteiger partial charge in [-0.2, -0.15) is 0 Å². The second-order valence-electron chi connectivity index (χ2n) is 8.32. The van der Waals surface area contributed by atoms with Crippen LogP contribution >= 0.6 is 0 Å². The number of aromatic nitrogens is 1. The highest BCUT2D eigenvalue weighted by atomic mass is 19.1. The van der Waals surface area contributed by atoms with Crippen molar-refractivity contribution in [2.24, 2.45) is 5.92 Å². The molecule has 1 atom stereocenters. The molecule has 1 heterocycles. The molecule has 0 aliphatic heterocycles. The van der Waals surface area contributed by atoms with Crippen molar-refractivity contribution in [3.63, 3.8) is 0 Å². The van der Waals surface area contributed by atoms with Crippen molar-refractivity contribution in [1.82, 2.24) is 10.3 Å². The van der Waals surface area contributed by atoms with Crippen LogP contribution in [0.4, 0.5) is 8.78 Å². The molecule has 0 radical (unpaired) electrons. The van der Waals surface area contributed by atoms with Crippen LogP contribution in [0, 0.1) is 24.5 Å². The molecule has 168 valence electrons. The molecular weight excluding hydrogens is 394 g/mol. The number of halogens is 2. The molecule has 0 spiro atoms. The molecule has 1 unspecified atom stereocenters. The van der Waals surface area contributed by atoms with Gasteiger partial charge in [0.2, 0.25) is 0 Å². The van der Waals surface area contributed by atoms with Gasteiger partial charge in [0.05, 0.1) is 17.8 Å². The van der Waals surface area contributed by atoms with E-state index in [0.29, 0.717) is 17.4 Å². The molecule has 1 aromatic heterocycles. The van der Waals surface area contributed by atoms with Crippen LogP contribution in [0.15, 0.2) is 36.4 Å². The molecule has 3 N–H and O–H groups in total. The molecular formula is C26H34F2N2O. The second-order valence-corrected chi connectivity index (χ2v) is 8.32. The number of benzene rings is 2. The number of aryl methyl sites for hydroxylation is 1. The summed E-state index contributed by atoms with van der Waals surface area (Å²) < 4.78 is 28.1. The molecule has 4 rings (SSSR count). The predicted octanol–water partition coefficient (Wildman–Crippen LogP) is 6.30. The number of aromatic amines is 1. The van der Waals surface area contributed by atoms with E-state index < -0.39 is 0 Å². The Morgan fingerprint density at radius 1 is 1.13 bits per heavy atom. The molecule has 31 heavy (non-hydrogen) atoms. The summed E-state index contributed by atoms with van der Waals surface area (Å²) in [5.74, 6) is 0.353. The molecule has 1 fully saturated rings. The van der Waals surface area contributed by atoms with Crippen LogP contribution in [0.3, 0.4) is 0 Å². The zero-order chi connectivity index (χ0) is 22.5. The van der Waals surface area contributed by atoms with E-state index in [2.05, 4.69) is 17.2 Å². The molecule has 2 aromatic carbocycles. The quantitative estimate of drug-likeness (QED) is 0.413. The van der Waals surface area contributed by atoms with Gasteiger partial charge < -0.3 is 15.4 Å². The molecule has 3 aromatic rings. The summed E-state index contributed by atoms with van der Waals surface area (Å²) in [6, 6.07) is 10.1. The van der Waals surface area contributed by atoms with Gasteiger partial charge in [-0.15, -0.1) is 0 Å². The standard InChI is InChI=1S/C24H28F2N2O.C2H6/c1-3-19(13-29)27-12-15-10-17(11-15)22-20-8-14(2)9-21(26)24(20)28-23(22)16-4-6-18(25)7-5-16;1-2/h4-9,15,17,19,27-29H,3,10-13H2,1-2H3;1-2H3. The van der Waals surface area contributed by atoms with Crippen molar-refractivity contribution in [2.75, 3.05) is 13.2 Å². The number of aliphatic hydroxyl groups is 1. The Morgan fingerprint density at radius 3 is 2.42 bits per heavy atom. The highest BCUT2D eigenvalue weighted by Crippen LogP contribution is 2.48. The first-order valence-electron chi connectivity index (χ1n) is 11.4. The lowest BCUT2D eigenvalue weighted by atomic mass is 9.70. The van der Waals surface area contributed by atoms with Crippen LogP contribution in [0.5, 0.6) is 0 Å². The Labute approximate surface area is 183 Å². The zero-order valence-corrected chi connectivity index (χ0v) is 18.9. The summed E-state index contributed by atoms with van der Waals surface area (Å²) in [5, 5.41) is 13.7. The number of rotatable bonds is 7. The summed E-state index contributed by atoms with van der Waals surface area (Å²) in [6.07, 6.45) is 2.94. The Morgan fingerprint density at radius 2 is 1.81 bits per heavy atom. The van der Waals surface area contributed by atoms with Crippen LogP contribution in [0.2, 0.25) is 0 Å².